The third-order valence-electron chi connectivity index (χ3n) is 1.67. The maximum absolute atomic E-state index is 5.66. The molecule has 0 amide bonds. The highest BCUT2D eigenvalue weighted by Gasteiger charge is 1.98. The predicted molar refractivity (Wildman–Crippen MR) is 67.4 cm³/mol. The molecule has 0 radical (unpaired) electrons. The molecular weight excluding hydrogens is 296 g/mol. The van der Waals surface area contributed by atoms with Crippen LogP contribution >= 0.6 is 34.2 Å². The molecule has 0 aliphatic rings. The van der Waals surface area contributed by atoms with E-state index in [1.807, 2.05) is 0 Å². The van der Waals surface area contributed by atoms with Crippen LogP contribution in [0.2, 0.25) is 0 Å². The number of aryl methyl sites for hydroxylation is 1. The van der Waals surface area contributed by atoms with E-state index in [0.717, 1.165) is 5.69 Å². The molecule has 0 atom stereocenters. The van der Waals surface area contributed by atoms with Gasteiger partial charge in [0, 0.05) is 14.3 Å². The third kappa shape index (κ3) is 3.56. The van der Waals surface area contributed by atoms with Gasteiger partial charge in [-0.25, -0.2) is 0 Å². The maximum atomic E-state index is 5.66. The molecule has 0 aromatic heterocycles. The van der Waals surface area contributed by atoms with Crippen LogP contribution in [0.3, 0.4) is 0 Å². The highest BCUT2D eigenvalue weighted by Crippen LogP contribution is 2.18. The van der Waals surface area contributed by atoms with Crippen LogP contribution in [-0.2, 0) is 0 Å². The van der Waals surface area contributed by atoms with Gasteiger partial charge in [-0.15, -0.1) is 0 Å². The molecule has 1 aromatic carbocycles. The van der Waals surface area contributed by atoms with Gasteiger partial charge in [0.1, 0.15) is 0 Å². The number of rotatable bonds is 3. The zero-order chi connectivity index (χ0) is 9.84. The van der Waals surface area contributed by atoms with Crippen molar-refractivity contribution in [2.75, 3.05) is 11.9 Å². The molecule has 13 heavy (non-hydrogen) atoms. The standard InChI is InChI=1S/C10H11ClIN/c1-7-3-4-9(12)5-10(7)13-6-8(2)11/h3-5,13H,2,6H2,1H3. The minimum absolute atomic E-state index is 0.614. The molecule has 0 saturated heterocycles. The summed E-state index contributed by atoms with van der Waals surface area (Å²) in [6, 6.07) is 6.26. The van der Waals surface area contributed by atoms with E-state index < -0.39 is 0 Å². The van der Waals surface area contributed by atoms with Crippen molar-refractivity contribution in [1.29, 1.82) is 0 Å². The van der Waals surface area contributed by atoms with E-state index in [-0.39, 0.29) is 0 Å². The van der Waals surface area contributed by atoms with E-state index in [9.17, 15) is 0 Å². The van der Waals surface area contributed by atoms with Crippen LogP contribution in [0.4, 0.5) is 5.69 Å². The highest BCUT2D eigenvalue weighted by molar-refractivity contribution is 14.1. The van der Waals surface area contributed by atoms with Crippen molar-refractivity contribution in [3.63, 3.8) is 0 Å². The Morgan fingerprint density at radius 1 is 1.62 bits per heavy atom. The van der Waals surface area contributed by atoms with Gasteiger partial charge in [-0.2, -0.15) is 0 Å². The summed E-state index contributed by atoms with van der Waals surface area (Å²) in [6.07, 6.45) is 0. The van der Waals surface area contributed by atoms with Gasteiger partial charge in [-0.3, -0.25) is 0 Å². The first-order chi connectivity index (χ1) is 6.09. The lowest BCUT2D eigenvalue weighted by Gasteiger charge is -2.08. The smallest absolute Gasteiger partial charge is 0.0502 e. The molecular formula is C10H11ClIN. The lowest BCUT2D eigenvalue weighted by molar-refractivity contribution is 1.28. The van der Waals surface area contributed by atoms with E-state index in [1.165, 1.54) is 9.13 Å². The van der Waals surface area contributed by atoms with Crippen molar-refractivity contribution < 1.29 is 0 Å². The third-order valence-corrected chi connectivity index (χ3v) is 2.47. The van der Waals surface area contributed by atoms with Crippen LogP contribution in [-0.4, -0.2) is 6.54 Å². The highest BCUT2D eigenvalue weighted by atomic mass is 127. The van der Waals surface area contributed by atoms with Gasteiger partial charge in [0.2, 0.25) is 0 Å². The van der Waals surface area contributed by atoms with E-state index in [2.05, 4.69) is 59.6 Å². The monoisotopic (exact) mass is 307 g/mol. The Kier molecular flexibility index (Phi) is 4.06. The summed E-state index contributed by atoms with van der Waals surface area (Å²) < 4.78 is 1.21. The molecule has 0 saturated carbocycles. The molecule has 0 fully saturated rings. The summed E-state index contributed by atoms with van der Waals surface area (Å²) in [7, 11) is 0. The van der Waals surface area contributed by atoms with Gasteiger partial charge in [0.25, 0.3) is 0 Å². The van der Waals surface area contributed by atoms with Crippen LogP contribution in [0.1, 0.15) is 5.56 Å². The zero-order valence-corrected chi connectivity index (χ0v) is 10.3. The van der Waals surface area contributed by atoms with Crippen LogP contribution < -0.4 is 5.32 Å². The Balaban J connectivity index is 2.75. The summed E-state index contributed by atoms with van der Waals surface area (Å²) in [5.41, 5.74) is 2.34. The Morgan fingerprint density at radius 3 is 2.92 bits per heavy atom. The minimum atomic E-state index is 0.614. The average Bonchev–Trinajstić information content (AvgIpc) is 2.06. The molecule has 0 spiro atoms. The lowest BCUT2D eigenvalue weighted by atomic mass is 10.2. The van der Waals surface area contributed by atoms with Crippen molar-refractivity contribution in [3.05, 3.63) is 38.9 Å². The number of hydrogen-bond donors (Lipinski definition) is 1. The SMILES string of the molecule is C=C(Cl)CNc1cc(I)ccc1C. The van der Waals surface area contributed by atoms with Gasteiger partial charge < -0.3 is 5.32 Å². The van der Waals surface area contributed by atoms with Crippen LogP contribution in [0, 0.1) is 10.5 Å². The summed E-state index contributed by atoms with van der Waals surface area (Å²) in [4.78, 5) is 0. The molecule has 1 N–H and O–H groups in total. The second kappa shape index (κ2) is 4.86. The second-order valence-electron chi connectivity index (χ2n) is 2.83. The van der Waals surface area contributed by atoms with E-state index in [0.29, 0.717) is 11.6 Å². The van der Waals surface area contributed by atoms with Crippen molar-refractivity contribution in [2.45, 2.75) is 6.92 Å². The van der Waals surface area contributed by atoms with Crippen LogP contribution in [0.5, 0.6) is 0 Å². The molecule has 3 heteroatoms. The summed E-state index contributed by atoms with van der Waals surface area (Å²) in [6.45, 7) is 6.30. The average molecular weight is 308 g/mol. The fourth-order valence-electron chi connectivity index (χ4n) is 0.976. The van der Waals surface area contributed by atoms with Gasteiger partial charge in [0.15, 0.2) is 0 Å². The van der Waals surface area contributed by atoms with Gasteiger partial charge in [-0.05, 0) is 47.2 Å². The van der Waals surface area contributed by atoms with Gasteiger partial charge >= 0.3 is 0 Å². The Bertz CT molecular complexity index is 323. The van der Waals surface area contributed by atoms with Gasteiger partial charge in [0.05, 0.1) is 6.54 Å². The molecule has 1 nitrogen and oxygen atoms in total. The molecule has 1 aromatic rings. The van der Waals surface area contributed by atoms with Crippen molar-refractivity contribution in [2.24, 2.45) is 0 Å². The van der Waals surface area contributed by atoms with Crippen molar-refractivity contribution in [3.8, 4) is 0 Å². The quantitative estimate of drug-likeness (QED) is 0.838. The summed E-state index contributed by atoms with van der Waals surface area (Å²) in [5.74, 6) is 0. The molecule has 0 aliphatic heterocycles. The number of benzene rings is 1. The Hall–Kier alpha value is -0.220. The minimum Gasteiger partial charge on any atom is -0.380 e. The van der Waals surface area contributed by atoms with Crippen LogP contribution in [0.15, 0.2) is 29.8 Å². The predicted octanol–water partition coefficient (Wildman–Crippen LogP) is 3.76. The maximum Gasteiger partial charge on any atom is 0.0502 e. The molecule has 0 bridgehead atoms. The first kappa shape index (κ1) is 10.9. The number of nitrogens with one attached hydrogen (secondary N) is 1. The fourth-order valence-corrected chi connectivity index (χ4v) is 1.53. The molecule has 0 unspecified atom stereocenters. The first-order valence-electron chi connectivity index (χ1n) is 3.93. The fraction of sp³-hybridized carbons (Fsp3) is 0.200. The molecule has 0 aliphatic carbocycles. The Labute approximate surface area is 97.3 Å². The zero-order valence-electron chi connectivity index (χ0n) is 7.40. The topological polar surface area (TPSA) is 12.0 Å². The van der Waals surface area contributed by atoms with Gasteiger partial charge in [-0.1, -0.05) is 24.2 Å². The van der Waals surface area contributed by atoms with Crippen molar-refractivity contribution >= 4 is 39.9 Å². The molecule has 70 valence electrons. The number of halogens is 2. The summed E-state index contributed by atoms with van der Waals surface area (Å²) >= 11 is 7.94. The first-order valence-corrected chi connectivity index (χ1v) is 5.38. The van der Waals surface area contributed by atoms with E-state index in [4.69, 9.17) is 11.6 Å². The van der Waals surface area contributed by atoms with Crippen LogP contribution in [0.25, 0.3) is 0 Å². The number of anilines is 1. The molecule has 0 heterocycles. The summed E-state index contributed by atoms with van der Waals surface area (Å²) in [5, 5.41) is 3.84. The normalized spacial score (nSPS) is 9.77. The lowest BCUT2D eigenvalue weighted by Crippen LogP contribution is -2.02. The van der Waals surface area contributed by atoms with Crippen molar-refractivity contribution in [1.82, 2.24) is 0 Å². The van der Waals surface area contributed by atoms with E-state index in [1.54, 1.807) is 0 Å². The Morgan fingerprint density at radius 2 is 2.31 bits per heavy atom. The number of hydrogen-bond acceptors (Lipinski definition) is 1. The largest absolute Gasteiger partial charge is 0.380 e. The van der Waals surface area contributed by atoms with E-state index >= 15 is 0 Å². The molecule has 1 rings (SSSR count). The second-order valence-corrected chi connectivity index (χ2v) is 4.61.